The molecular formula is C17H24N2O6. The number of hydrogen-bond acceptors (Lipinski definition) is 6. The zero-order chi connectivity index (χ0) is 18.2. The van der Waals surface area contributed by atoms with E-state index in [0.717, 1.165) is 12.8 Å². The number of aromatic nitrogens is 1. The molecule has 25 heavy (non-hydrogen) atoms. The first-order valence-corrected chi connectivity index (χ1v) is 8.37. The molecular weight excluding hydrogens is 328 g/mol. The summed E-state index contributed by atoms with van der Waals surface area (Å²) in [5.74, 6) is -0.514. The predicted octanol–water partition coefficient (Wildman–Crippen LogP) is 1.27. The fourth-order valence-electron chi connectivity index (χ4n) is 2.52. The zero-order valence-corrected chi connectivity index (χ0v) is 14.6. The molecule has 1 aromatic rings. The van der Waals surface area contributed by atoms with Gasteiger partial charge in [-0.25, -0.2) is 9.59 Å². The molecule has 0 bridgehead atoms. The van der Waals surface area contributed by atoms with Crippen LogP contribution in [-0.4, -0.2) is 61.0 Å². The van der Waals surface area contributed by atoms with Gasteiger partial charge in [0.1, 0.15) is 0 Å². The number of morpholine rings is 1. The maximum Gasteiger partial charge on any atom is 0.409 e. The molecule has 1 aliphatic rings. The third-order valence-corrected chi connectivity index (χ3v) is 3.93. The summed E-state index contributed by atoms with van der Waals surface area (Å²) in [6.07, 6.45) is 2.51. The van der Waals surface area contributed by atoms with Crippen molar-refractivity contribution in [3.63, 3.8) is 0 Å². The maximum absolute atomic E-state index is 12.0. The Hall–Kier alpha value is -2.35. The molecule has 8 heteroatoms. The van der Waals surface area contributed by atoms with Gasteiger partial charge in [-0.2, -0.15) is 0 Å². The van der Waals surface area contributed by atoms with E-state index in [1.807, 2.05) is 6.92 Å². The molecule has 0 N–H and O–H groups in total. The Balaban J connectivity index is 1.99. The summed E-state index contributed by atoms with van der Waals surface area (Å²) in [5.41, 5.74) is 0.0349. The minimum absolute atomic E-state index is 0.238. The van der Waals surface area contributed by atoms with E-state index >= 15 is 0 Å². The van der Waals surface area contributed by atoms with Crippen LogP contribution in [0.25, 0.3) is 0 Å². The van der Waals surface area contributed by atoms with E-state index in [-0.39, 0.29) is 29.9 Å². The van der Waals surface area contributed by atoms with Crippen molar-refractivity contribution >= 4 is 12.1 Å². The Morgan fingerprint density at radius 1 is 1.36 bits per heavy atom. The Morgan fingerprint density at radius 3 is 2.88 bits per heavy atom. The van der Waals surface area contributed by atoms with Gasteiger partial charge in [0.15, 0.2) is 0 Å². The number of methoxy groups -OCH3 is 1. The Labute approximate surface area is 146 Å². The second-order valence-electron chi connectivity index (χ2n) is 5.81. The van der Waals surface area contributed by atoms with Crippen LogP contribution in [0.2, 0.25) is 0 Å². The van der Waals surface area contributed by atoms with E-state index in [2.05, 4.69) is 4.74 Å². The molecule has 1 saturated heterocycles. The minimum Gasteiger partial charge on any atom is -0.465 e. The van der Waals surface area contributed by atoms with Crippen molar-refractivity contribution in [2.45, 2.75) is 32.4 Å². The zero-order valence-electron chi connectivity index (χ0n) is 14.6. The van der Waals surface area contributed by atoms with Crippen molar-refractivity contribution in [1.82, 2.24) is 9.47 Å². The molecule has 1 aliphatic heterocycles. The number of rotatable bonds is 6. The average molecular weight is 352 g/mol. The highest BCUT2D eigenvalue weighted by molar-refractivity contribution is 5.88. The third kappa shape index (κ3) is 5.32. The van der Waals surface area contributed by atoms with Gasteiger partial charge in [-0.15, -0.1) is 0 Å². The first-order valence-electron chi connectivity index (χ1n) is 8.37. The molecule has 0 aliphatic carbocycles. The minimum atomic E-state index is -0.514. The van der Waals surface area contributed by atoms with Crippen LogP contribution < -0.4 is 5.56 Å². The van der Waals surface area contributed by atoms with Crippen LogP contribution in [0.3, 0.4) is 0 Å². The lowest BCUT2D eigenvalue weighted by Crippen LogP contribution is -2.48. The molecule has 1 aromatic heterocycles. The molecule has 0 saturated carbocycles. The summed E-state index contributed by atoms with van der Waals surface area (Å²) in [4.78, 5) is 37.2. The van der Waals surface area contributed by atoms with Gasteiger partial charge in [0.05, 0.1) is 45.1 Å². The number of carbonyl (C=O) groups excluding carboxylic acids is 2. The van der Waals surface area contributed by atoms with Crippen LogP contribution in [0.15, 0.2) is 23.1 Å². The number of carbonyl (C=O) groups is 2. The molecule has 0 unspecified atom stereocenters. The molecule has 2 rings (SSSR count). The van der Waals surface area contributed by atoms with E-state index in [0.29, 0.717) is 26.3 Å². The smallest absolute Gasteiger partial charge is 0.409 e. The van der Waals surface area contributed by atoms with E-state index in [4.69, 9.17) is 9.47 Å². The largest absolute Gasteiger partial charge is 0.465 e. The monoisotopic (exact) mass is 352 g/mol. The Kier molecular flexibility index (Phi) is 7.00. The Bertz CT molecular complexity index is 657. The summed E-state index contributed by atoms with van der Waals surface area (Å²) in [5, 5.41) is 0. The highest BCUT2D eigenvalue weighted by atomic mass is 16.6. The second-order valence-corrected chi connectivity index (χ2v) is 5.81. The average Bonchev–Trinajstić information content (AvgIpc) is 2.63. The third-order valence-electron chi connectivity index (χ3n) is 3.93. The van der Waals surface area contributed by atoms with Crippen molar-refractivity contribution in [3.05, 3.63) is 34.2 Å². The summed E-state index contributed by atoms with van der Waals surface area (Å²) < 4.78 is 16.9. The number of nitrogens with zero attached hydrogens (tertiary/aromatic N) is 2. The van der Waals surface area contributed by atoms with Crippen LogP contribution in [-0.2, 0) is 20.8 Å². The molecule has 138 valence electrons. The van der Waals surface area contributed by atoms with Gasteiger partial charge in [0.2, 0.25) is 0 Å². The lowest BCUT2D eigenvalue weighted by molar-refractivity contribution is -0.0345. The fourth-order valence-corrected chi connectivity index (χ4v) is 2.52. The summed E-state index contributed by atoms with van der Waals surface area (Å²) in [6.45, 7) is 3.83. The molecule has 0 radical (unpaired) electrons. The number of esters is 1. The number of ether oxygens (including phenoxy) is 3. The van der Waals surface area contributed by atoms with Gasteiger partial charge < -0.3 is 23.7 Å². The second kappa shape index (κ2) is 9.22. The van der Waals surface area contributed by atoms with Crippen molar-refractivity contribution in [3.8, 4) is 0 Å². The lowest BCUT2D eigenvalue weighted by Gasteiger charge is -2.32. The van der Waals surface area contributed by atoms with Crippen molar-refractivity contribution in [2.75, 3.05) is 33.4 Å². The number of hydrogen-bond donors (Lipinski definition) is 0. The Morgan fingerprint density at radius 2 is 2.16 bits per heavy atom. The molecule has 0 spiro atoms. The SMILES string of the molecule is CCCCOC(=O)N1CCO[C@H](Cn2cc(C(=O)OC)ccc2=O)C1. The highest BCUT2D eigenvalue weighted by Crippen LogP contribution is 2.10. The molecule has 1 atom stereocenters. The maximum atomic E-state index is 12.0. The van der Waals surface area contributed by atoms with Crippen LogP contribution in [0.1, 0.15) is 30.1 Å². The predicted molar refractivity (Wildman–Crippen MR) is 89.6 cm³/mol. The normalized spacial score (nSPS) is 17.2. The molecule has 1 fully saturated rings. The molecule has 8 nitrogen and oxygen atoms in total. The van der Waals surface area contributed by atoms with E-state index in [9.17, 15) is 14.4 Å². The quantitative estimate of drug-likeness (QED) is 0.566. The van der Waals surface area contributed by atoms with Crippen molar-refractivity contribution in [1.29, 1.82) is 0 Å². The topological polar surface area (TPSA) is 87.1 Å². The van der Waals surface area contributed by atoms with Crippen molar-refractivity contribution in [2.24, 2.45) is 0 Å². The highest BCUT2D eigenvalue weighted by Gasteiger charge is 2.26. The molecule has 2 heterocycles. The fraction of sp³-hybridized carbons (Fsp3) is 0.588. The lowest BCUT2D eigenvalue weighted by atomic mass is 10.2. The first kappa shape index (κ1) is 19.0. The summed E-state index contributed by atoms with van der Waals surface area (Å²) in [6, 6.07) is 2.73. The van der Waals surface area contributed by atoms with Gasteiger partial charge in [-0.05, 0) is 12.5 Å². The van der Waals surface area contributed by atoms with Crippen molar-refractivity contribution < 1.29 is 23.8 Å². The van der Waals surface area contributed by atoms with Gasteiger partial charge in [-0.1, -0.05) is 13.3 Å². The summed E-state index contributed by atoms with van der Waals surface area (Å²) >= 11 is 0. The molecule has 0 aromatic carbocycles. The number of amides is 1. The standard InChI is InChI=1S/C17H24N2O6/c1-3-4-8-25-17(22)18-7-9-24-14(11-18)12-19-10-13(16(21)23-2)5-6-15(19)20/h5-6,10,14H,3-4,7-9,11-12H2,1-2H3/t14-/m0/s1. The molecule has 1 amide bonds. The van der Waals surface area contributed by atoms with E-state index in [1.54, 1.807) is 4.90 Å². The van der Waals surface area contributed by atoms with E-state index < -0.39 is 5.97 Å². The van der Waals surface area contributed by atoms with Gasteiger partial charge in [0, 0.05) is 18.8 Å². The van der Waals surface area contributed by atoms with E-state index in [1.165, 1.54) is 30.0 Å². The van der Waals surface area contributed by atoms with Crippen LogP contribution in [0, 0.1) is 0 Å². The van der Waals surface area contributed by atoms with Gasteiger partial charge in [0.25, 0.3) is 5.56 Å². The summed E-state index contributed by atoms with van der Waals surface area (Å²) in [7, 11) is 1.28. The van der Waals surface area contributed by atoms with Gasteiger partial charge in [-0.3, -0.25) is 4.79 Å². The number of pyridine rings is 1. The van der Waals surface area contributed by atoms with Crippen LogP contribution in [0.4, 0.5) is 4.79 Å². The van der Waals surface area contributed by atoms with Crippen LogP contribution >= 0.6 is 0 Å². The van der Waals surface area contributed by atoms with Crippen LogP contribution in [0.5, 0.6) is 0 Å². The van der Waals surface area contributed by atoms with Gasteiger partial charge >= 0.3 is 12.1 Å². The number of unbranched alkanes of at least 4 members (excludes halogenated alkanes) is 1. The first-order chi connectivity index (χ1) is 12.0.